The van der Waals surface area contributed by atoms with Crippen molar-refractivity contribution in [3.05, 3.63) is 58.1 Å². The smallest absolute Gasteiger partial charge is 0.254 e. The van der Waals surface area contributed by atoms with Crippen LogP contribution >= 0.6 is 11.6 Å². The number of piperazine rings is 1. The van der Waals surface area contributed by atoms with E-state index in [9.17, 15) is 10.1 Å². The second-order valence-electron chi connectivity index (χ2n) is 6.24. The van der Waals surface area contributed by atoms with Crippen molar-refractivity contribution in [3.63, 3.8) is 0 Å². The number of carbonyl (C=O) groups excluding carboxylic acids is 1. The second kappa shape index (κ2) is 7.67. The number of halogens is 1. The lowest BCUT2D eigenvalue weighted by Gasteiger charge is -2.36. The SMILES string of the molecule is COc1cc(C(=O)N2CCN(c3ccc(Cl)cc3C#N)CC2)ccc1C. The fourth-order valence-corrected chi connectivity index (χ4v) is 3.33. The third kappa shape index (κ3) is 3.61. The molecule has 0 spiro atoms. The van der Waals surface area contributed by atoms with Crippen molar-refractivity contribution in [2.24, 2.45) is 0 Å². The number of rotatable bonds is 3. The first kappa shape index (κ1) is 18.1. The summed E-state index contributed by atoms with van der Waals surface area (Å²) in [7, 11) is 1.61. The summed E-state index contributed by atoms with van der Waals surface area (Å²) in [5.41, 5.74) is 3.05. The molecule has 0 radical (unpaired) electrons. The van der Waals surface area contributed by atoms with E-state index in [2.05, 4.69) is 11.0 Å². The molecule has 0 aromatic heterocycles. The molecule has 1 heterocycles. The molecule has 3 rings (SSSR count). The van der Waals surface area contributed by atoms with Gasteiger partial charge in [0.15, 0.2) is 0 Å². The zero-order valence-electron chi connectivity index (χ0n) is 14.8. The number of benzene rings is 2. The molecule has 0 saturated carbocycles. The number of nitrogens with zero attached hydrogens (tertiary/aromatic N) is 3. The number of nitriles is 1. The highest BCUT2D eigenvalue weighted by Gasteiger charge is 2.24. The molecular weight excluding hydrogens is 350 g/mol. The zero-order valence-corrected chi connectivity index (χ0v) is 15.6. The minimum Gasteiger partial charge on any atom is -0.496 e. The van der Waals surface area contributed by atoms with Gasteiger partial charge in [0.2, 0.25) is 0 Å². The number of aryl methyl sites for hydroxylation is 1. The summed E-state index contributed by atoms with van der Waals surface area (Å²) in [5.74, 6) is 0.717. The predicted molar refractivity (Wildman–Crippen MR) is 102 cm³/mol. The number of carbonyl (C=O) groups is 1. The van der Waals surface area contributed by atoms with Crippen molar-refractivity contribution in [2.45, 2.75) is 6.92 Å². The first-order valence-corrected chi connectivity index (χ1v) is 8.80. The third-order valence-corrected chi connectivity index (χ3v) is 4.88. The van der Waals surface area contributed by atoms with Crippen LogP contribution in [0.2, 0.25) is 5.02 Å². The molecule has 0 aliphatic carbocycles. The van der Waals surface area contributed by atoms with Gasteiger partial charge in [-0.25, -0.2) is 0 Å². The molecule has 0 bridgehead atoms. The molecule has 6 heteroatoms. The summed E-state index contributed by atoms with van der Waals surface area (Å²) in [5, 5.41) is 9.87. The molecule has 2 aromatic carbocycles. The monoisotopic (exact) mass is 369 g/mol. The van der Waals surface area contributed by atoms with Gasteiger partial charge in [-0.3, -0.25) is 4.79 Å². The molecule has 26 heavy (non-hydrogen) atoms. The molecule has 0 unspecified atom stereocenters. The van der Waals surface area contributed by atoms with Gasteiger partial charge in [-0.05, 0) is 42.8 Å². The molecule has 0 atom stereocenters. The first-order valence-electron chi connectivity index (χ1n) is 8.42. The molecule has 1 saturated heterocycles. The molecule has 1 fully saturated rings. The van der Waals surface area contributed by atoms with Crippen LogP contribution < -0.4 is 9.64 Å². The van der Waals surface area contributed by atoms with Gasteiger partial charge in [-0.15, -0.1) is 0 Å². The highest BCUT2D eigenvalue weighted by molar-refractivity contribution is 6.30. The second-order valence-corrected chi connectivity index (χ2v) is 6.67. The van der Waals surface area contributed by atoms with Crippen molar-refractivity contribution in [2.75, 3.05) is 38.2 Å². The molecular formula is C20H20ClN3O2. The van der Waals surface area contributed by atoms with Crippen molar-refractivity contribution in [3.8, 4) is 11.8 Å². The standard InChI is InChI=1S/C20H20ClN3O2/c1-14-3-4-15(12-19(14)26-2)20(25)24-9-7-23(8-10-24)18-6-5-17(21)11-16(18)13-22/h3-6,11-12H,7-10H2,1-2H3. The first-order chi connectivity index (χ1) is 12.5. The maximum absolute atomic E-state index is 12.8. The van der Waals surface area contributed by atoms with Gasteiger partial charge < -0.3 is 14.5 Å². The summed E-state index contributed by atoms with van der Waals surface area (Å²) < 4.78 is 5.31. The van der Waals surface area contributed by atoms with E-state index < -0.39 is 0 Å². The Balaban J connectivity index is 1.71. The maximum atomic E-state index is 12.8. The largest absolute Gasteiger partial charge is 0.496 e. The average Bonchev–Trinajstić information content (AvgIpc) is 2.68. The Hall–Kier alpha value is -2.71. The quantitative estimate of drug-likeness (QED) is 0.831. The van der Waals surface area contributed by atoms with Gasteiger partial charge in [-0.1, -0.05) is 17.7 Å². The lowest BCUT2D eigenvalue weighted by atomic mass is 10.1. The summed E-state index contributed by atoms with van der Waals surface area (Å²) >= 11 is 5.97. The summed E-state index contributed by atoms with van der Waals surface area (Å²) in [4.78, 5) is 16.7. The Morgan fingerprint density at radius 3 is 2.54 bits per heavy atom. The van der Waals surface area contributed by atoms with Crippen LogP contribution in [0.1, 0.15) is 21.5 Å². The van der Waals surface area contributed by atoms with Crippen LogP contribution in [-0.4, -0.2) is 44.1 Å². The van der Waals surface area contributed by atoms with E-state index in [1.807, 2.05) is 30.0 Å². The van der Waals surface area contributed by atoms with Crippen molar-refractivity contribution >= 4 is 23.2 Å². The van der Waals surface area contributed by atoms with Crippen LogP contribution in [0, 0.1) is 18.3 Å². The Morgan fingerprint density at radius 1 is 1.15 bits per heavy atom. The number of hydrogen-bond acceptors (Lipinski definition) is 4. The predicted octanol–water partition coefficient (Wildman–Crippen LogP) is 3.49. The van der Waals surface area contributed by atoms with Gasteiger partial charge in [-0.2, -0.15) is 5.26 Å². The average molecular weight is 370 g/mol. The van der Waals surface area contributed by atoms with Crippen LogP contribution in [-0.2, 0) is 0 Å². The Kier molecular flexibility index (Phi) is 5.34. The normalized spacial score (nSPS) is 14.1. The van der Waals surface area contributed by atoms with Crippen LogP contribution in [0.3, 0.4) is 0 Å². The maximum Gasteiger partial charge on any atom is 0.254 e. The highest BCUT2D eigenvalue weighted by atomic mass is 35.5. The van der Waals surface area contributed by atoms with Crippen molar-refractivity contribution < 1.29 is 9.53 Å². The van der Waals surface area contributed by atoms with Crippen LogP contribution in [0.15, 0.2) is 36.4 Å². The van der Waals surface area contributed by atoms with Gasteiger partial charge in [0.1, 0.15) is 11.8 Å². The fourth-order valence-electron chi connectivity index (χ4n) is 3.16. The summed E-state index contributed by atoms with van der Waals surface area (Å²) in [6, 6.07) is 13.0. The van der Waals surface area contributed by atoms with Crippen molar-refractivity contribution in [1.82, 2.24) is 4.90 Å². The summed E-state index contributed by atoms with van der Waals surface area (Å²) in [6.07, 6.45) is 0. The Morgan fingerprint density at radius 2 is 1.88 bits per heavy atom. The number of hydrogen-bond donors (Lipinski definition) is 0. The van der Waals surface area contributed by atoms with Gasteiger partial charge >= 0.3 is 0 Å². The number of methoxy groups -OCH3 is 1. The lowest BCUT2D eigenvalue weighted by Crippen LogP contribution is -2.49. The van der Waals surface area contributed by atoms with E-state index in [0.717, 1.165) is 11.3 Å². The molecule has 1 amide bonds. The van der Waals surface area contributed by atoms with Crippen LogP contribution in [0.5, 0.6) is 5.75 Å². The molecule has 1 aliphatic rings. The van der Waals surface area contributed by atoms with Crippen LogP contribution in [0.25, 0.3) is 0 Å². The van der Waals surface area contributed by atoms with E-state index in [-0.39, 0.29) is 5.91 Å². The summed E-state index contributed by atoms with van der Waals surface area (Å²) in [6.45, 7) is 4.49. The molecule has 1 aliphatic heterocycles. The van der Waals surface area contributed by atoms with Gasteiger partial charge in [0, 0.05) is 36.8 Å². The van der Waals surface area contributed by atoms with Crippen molar-refractivity contribution in [1.29, 1.82) is 5.26 Å². The van der Waals surface area contributed by atoms with E-state index in [0.29, 0.717) is 48.1 Å². The highest BCUT2D eigenvalue weighted by Crippen LogP contribution is 2.26. The Labute approximate surface area is 158 Å². The number of anilines is 1. The number of ether oxygens (including phenoxy) is 1. The molecule has 134 valence electrons. The van der Waals surface area contributed by atoms with E-state index in [1.165, 1.54) is 0 Å². The van der Waals surface area contributed by atoms with Gasteiger partial charge in [0.25, 0.3) is 5.91 Å². The topological polar surface area (TPSA) is 56.6 Å². The fraction of sp³-hybridized carbons (Fsp3) is 0.300. The molecule has 5 nitrogen and oxygen atoms in total. The minimum atomic E-state index is -0.000405. The van der Waals surface area contributed by atoms with Gasteiger partial charge in [0.05, 0.1) is 18.4 Å². The van der Waals surface area contributed by atoms with E-state index in [1.54, 1.807) is 25.3 Å². The van der Waals surface area contributed by atoms with E-state index >= 15 is 0 Å². The van der Waals surface area contributed by atoms with Crippen LogP contribution in [0.4, 0.5) is 5.69 Å². The van der Waals surface area contributed by atoms with E-state index in [4.69, 9.17) is 16.3 Å². The Bertz CT molecular complexity index is 868. The minimum absolute atomic E-state index is 0.000405. The zero-order chi connectivity index (χ0) is 18.7. The number of amides is 1. The molecule has 0 N–H and O–H groups in total. The molecule has 2 aromatic rings. The lowest BCUT2D eigenvalue weighted by molar-refractivity contribution is 0.0746. The third-order valence-electron chi connectivity index (χ3n) is 4.64.